The number of amides is 2. The fourth-order valence-corrected chi connectivity index (χ4v) is 4.53. The van der Waals surface area contributed by atoms with Crippen molar-refractivity contribution in [3.05, 3.63) is 0 Å². The van der Waals surface area contributed by atoms with E-state index in [2.05, 4.69) is 4.90 Å². The molecule has 2 amide bonds. The van der Waals surface area contributed by atoms with E-state index in [-0.39, 0.29) is 18.0 Å². The third-order valence-electron chi connectivity index (χ3n) is 4.82. The van der Waals surface area contributed by atoms with Crippen molar-refractivity contribution in [3.8, 4) is 0 Å². The molecule has 3 heterocycles. The molecule has 7 nitrogen and oxygen atoms in total. The van der Waals surface area contributed by atoms with E-state index >= 15 is 0 Å². The maximum absolute atomic E-state index is 13.0. The Morgan fingerprint density at radius 2 is 1.88 bits per heavy atom. The minimum atomic E-state index is -0.564. The second-order valence-electron chi connectivity index (χ2n) is 7.83. The molecule has 0 saturated carbocycles. The first-order valence-corrected chi connectivity index (χ1v) is 10.2. The summed E-state index contributed by atoms with van der Waals surface area (Å²) in [7, 11) is 0. The van der Waals surface area contributed by atoms with Crippen LogP contribution in [-0.2, 0) is 14.3 Å². The van der Waals surface area contributed by atoms with Gasteiger partial charge in [-0.15, -0.1) is 11.8 Å². The van der Waals surface area contributed by atoms with Crippen molar-refractivity contribution in [3.63, 3.8) is 0 Å². The average molecular weight is 372 g/mol. The maximum Gasteiger partial charge on any atom is 0.411 e. The Bertz CT molecular complexity index is 499. The lowest BCUT2D eigenvalue weighted by Gasteiger charge is -2.32. The largest absolute Gasteiger partial charge is 0.444 e. The molecule has 3 rings (SSSR count). The van der Waals surface area contributed by atoms with Crippen LogP contribution in [0.1, 0.15) is 27.2 Å². The van der Waals surface area contributed by atoms with E-state index in [1.165, 1.54) is 0 Å². The Hall–Kier alpha value is -0.990. The minimum Gasteiger partial charge on any atom is -0.444 e. The van der Waals surface area contributed by atoms with E-state index in [1.54, 1.807) is 16.7 Å². The van der Waals surface area contributed by atoms with Crippen LogP contribution in [-0.4, -0.2) is 95.4 Å². The van der Waals surface area contributed by atoms with Crippen molar-refractivity contribution in [2.45, 2.75) is 44.9 Å². The van der Waals surface area contributed by atoms with Gasteiger partial charge in [0.15, 0.2) is 0 Å². The van der Waals surface area contributed by atoms with E-state index in [4.69, 9.17) is 9.47 Å². The van der Waals surface area contributed by atoms with Gasteiger partial charge in [0.2, 0.25) is 5.91 Å². The van der Waals surface area contributed by atoms with Crippen LogP contribution in [0.3, 0.4) is 0 Å². The number of ether oxygens (including phenoxy) is 2. The van der Waals surface area contributed by atoms with Gasteiger partial charge in [-0.3, -0.25) is 14.6 Å². The van der Waals surface area contributed by atoms with Gasteiger partial charge in [0.1, 0.15) is 11.6 Å². The highest BCUT2D eigenvalue weighted by atomic mass is 32.2. The van der Waals surface area contributed by atoms with Gasteiger partial charge in [0.25, 0.3) is 0 Å². The smallest absolute Gasteiger partial charge is 0.411 e. The molecule has 8 heteroatoms. The van der Waals surface area contributed by atoms with Crippen LogP contribution in [0.4, 0.5) is 4.79 Å². The number of carbonyl (C=O) groups excluding carboxylic acids is 2. The number of hydrogen-bond acceptors (Lipinski definition) is 6. The van der Waals surface area contributed by atoms with Crippen LogP contribution in [0.15, 0.2) is 0 Å². The minimum absolute atomic E-state index is 0.0617. The zero-order valence-corrected chi connectivity index (χ0v) is 16.2. The van der Waals surface area contributed by atoms with E-state index in [9.17, 15) is 9.59 Å². The van der Waals surface area contributed by atoms with Crippen molar-refractivity contribution in [1.82, 2.24) is 14.7 Å². The van der Waals surface area contributed by atoms with Gasteiger partial charge in [0.05, 0.1) is 19.1 Å². The standard InChI is InChI=1S/C17H29N3O4S/c1-17(2,3)24-16(22)20-11-13(18-4-7-23-8-5-18)10-14(20)15(21)19-6-9-25-12-19/h13-14H,4-12H2,1-3H3/t13-,14-/m0/s1. The van der Waals surface area contributed by atoms with E-state index in [1.807, 2.05) is 25.7 Å². The van der Waals surface area contributed by atoms with Gasteiger partial charge in [0, 0.05) is 38.0 Å². The molecule has 0 bridgehead atoms. The summed E-state index contributed by atoms with van der Waals surface area (Å²) >= 11 is 1.76. The first-order chi connectivity index (χ1) is 11.8. The molecule has 0 radical (unpaired) electrons. The van der Waals surface area contributed by atoms with Crippen molar-refractivity contribution in [2.24, 2.45) is 0 Å². The lowest BCUT2D eigenvalue weighted by atomic mass is 10.1. The molecule has 3 saturated heterocycles. The van der Waals surface area contributed by atoms with Crippen molar-refractivity contribution in [2.75, 3.05) is 51.0 Å². The van der Waals surface area contributed by atoms with Crippen LogP contribution in [0.5, 0.6) is 0 Å². The lowest BCUT2D eigenvalue weighted by molar-refractivity contribution is -0.134. The molecule has 0 unspecified atom stereocenters. The average Bonchev–Trinajstić information content (AvgIpc) is 3.23. The summed E-state index contributed by atoms with van der Waals surface area (Å²) in [5.41, 5.74) is -0.564. The van der Waals surface area contributed by atoms with E-state index in [0.29, 0.717) is 26.2 Å². The fourth-order valence-electron chi connectivity index (χ4n) is 3.58. The molecule has 0 aromatic heterocycles. The van der Waals surface area contributed by atoms with Crippen LogP contribution in [0, 0.1) is 0 Å². The second-order valence-corrected chi connectivity index (χ2v) is 8.90. The quantitative estimate of drug-likeness (QED) is 0.728. The number of carbonyl (C=O) groups is 2. The first-order valence-electron chi connectivity index (χ1n) is 9.03. The molecule has 2 atom stereocenters. The fraction of sp³-hybridized carbons (Fsp3) is 0.882. The first kappa shape index (κ1) is 18.8. The molecule has 142 valence electrons. The molecule has 0 aromatic rings. The van der Waals surface area contributed by atoms with Crippen LogP contribution < -0.4 is 0 Å². The third-order valence-corrected chi connectivity index (χ3v) is 5.78. The molecule has 3 aliphatic rings. The highest BCUT2D eigenvalue weighted by molar-refractivity contribution is 7.99. The summed E-state index contributed by atoms with van der Waals surface area (Å²) in [4.78, 5) is 31.5. The molecule has 3 aliphatic heterocycles. The van der Waals surface area contributed by atoms with E-state index in [0.717, 1.165) is 31.3 Å². The van der Waals surface area contributed by atoms with E-state index < -0.39 is 11.6 Å². The molecule has 0 spiro atoms. The number of nitrogens with zero attached hydrogens (tertiary/aromatic N) is 3. The Labute approximate surface area is 154 Å². The Morgan fingerprint density at radius 3 is 2.48 bits per heavy atom. The molecular weight excluding hydrogens is 342 g/mol. The number of hydrogen-bond donors (Lipinski definition) is 0. The lowest BCUT2D eigenvalue weighted by Crippen LogP contribution is -2.48. The zero-order chi connectivity index (χ0) is 18.0. The highest BCUT2D eigenvalue weighted by Gasteiger charge is 2.45. The van der Waals surface area contributed by atoms with Crippen LogP contribution >= 0.6 is 11.8 Å². The monoisotopic (exact) mass is 371 g/mol. The summed E-state index contributed by atoms with van der Waals surface area (Å²) in [5.74, 6) is 1.75. The summed E-state index contributed by atoms with van der Waals surface area (Å²) in [5, 5.41) is 0. The summed E-state index contributed by atoms with van der Waals surface area (Å²) in [6, 6.07) is -0.220. The van der Waals surface area contributed by atoms with Gasteiger partial charge in [-0.1, -0.05) is 0 Å². The molecular formula is C17H29N3O4S. The van der Waals surface area contributed by atoms with Gasteiger partial charge < -0.3 is 14.4 Å². The molecule has 25 heavy (non-hydrogen) atoms. The second kappa shape index (κ2) is 7.72. The Morgan fingerprint density at radius 1 is 1.16 bits per heavy atom. The van der Waals surface area contributed by atoms with Gasteiger partial charge in [-0.25, -0.2) is 4.79 Å². The Balaban J connectivity index is 1.73. The van der Waals surface area contributed by atoms with Crippen LogP contribution in [0.2, 0.25) is 0 Å². The van der Waals surface area contributed by atoms with Crippen molar-refractivity contribution in [1.29, 1.82) is 0 Å². The summed E-state index contributed by atoms with van der Waals surface area (Å²) in [6.07, 6.45) is 0.299. The number of likely N-dealkylation sites (tertiary alicyclic amines) is 1. The molecule has 0 aliphatic carbocycles. The molecule has 0 aromatic carbocycles. The molecule has 0 N–H and O–H groups in total. The molecule has 3 fully saturated rings. The maximum atomic E-state index is 13.0. The van der Waals surface area contributed by atoms with Gasteiger partial charge in [-0.2, -0.15) is 0 Å². The van der Waals surface area contributed by atoms with Gasteiger partial charge in [-0.05, 0) is 27.2 Å². The number of thioether (sulfide) groups is 1. The normalized spacial score (nSPS) is 28.4. The van der Waals surface area contributed by atoms with Crippen LogP contribution in [0.25, 0.3) is 0 Å². The van der Waals surface area contributed by atoms with Crippen molar-refractivity contribution >= 4 is 23.8 Å². The Kier molecular flexibility index (Phi) is 5.80. The predicted octanol–water partition coefficient (Wildman–Crippen LogP) is 1.23. The number of morpholine rings is 1. The van der Waals surface area contributed by atoms with Gasteiger partial charge >= 0.3 is 6.09 Å². The predicted molar refractivity (Wildman–Crippen MR) is 96.6 cm³/mol. The third kappa shape index (κ3) is 4.60. The summed E-state index contributed by atoms with van der Waals surface area (Å²) < 4.78 is 11.0. The SMILES string of the molecule is CC(C)(C)OC(=O)N1C[C@@H](N2CCOCC2)C[C@H]1C(=O)N1CCSC1. The van der Waals surface area contributed by atoms with Crippen molar-refractivity contribution < 1.29 is 19.1 Å². The highest BCUT2D eigenvalue weighted by Crippen LogP contribution is 2.28. The summed E-state index contributed by atoms with van der Waals surface area (Å²) in [6.45, 7) is 10.0. The zero-order valence-electron chi connectivity index (χ0n) is 15.4. The number of rotatable bonds is 2. The topological polar surface area (TPSA) is 62.3 Å².